The molecule has 4 heteroatoms. The summed E-state index contributed by atoms with van der Waals surface area (Å²) in [6.45, 7) is 13.8. The van der Waals surface area contributed by atoms with Gasteiger partial charge in [-0.25, -0.2) is 0 Å². The summed E-state index contributed by atoms with van der Waals surface area (Å²) in [6.07, 6.45) is 7.07. The first kappa shape index (κ1) is 24.7. The van der Waals surface area contributed by atoms with E-state index in [0.29, 0.717) is 31.5 Å². The van der Waals surface area contributed by atoms with E-state index in [-0.39, 0.29) is 11.9 Å². The van der Waals surface area contributed by atoms with Gasteiger partial charge in [-0.05, 0) is 50.4 Å². The third-order valence-electron chi connectivity index (χ3n) is 5.31. The third kappa shape index (κ3) is 7.97. The fraction of sp³-hybridized carbons (Fsp3) is 0.833. The molecule has 0 aromatic heterocycles. The van der Waals surface area contributed by atoms with Crippen LogP contribution in [0.2, 0.25) is 0 Å². The molecule has 1 rings (SSSR count). The van der Waals surface area contributed by atoms with Crippen LogP contribution in [0, 0.1) is 23.7 Å². The number of ether oxygens (including phenoxy) is 2. The first-order valence-electron chi connectivity index (χ1n) is 11.4. The molecule has 0 aromatic carbocycles. The van der Waals surface area contributed by atoms with Crippen LogP contribution in [0.1, 0.15) is 92.9 Å². The quantitative estimate of drug-likeness (QED) is 0.228. The van der Waals surface area contributed by atoms with Gasteiger partial charge < -0.3 is 9.47 Å². The molecule has 0 amide bonds. The predicted octanol–water partition coefficient (Wildman–Crippen LogP) is 6.09. The van der Waals surface area contributed by atoms with Crippen LogP contribution in [-0.2, 0) is 19.1 Å². The molecule has 162 valence electrons. The SMILES string of the molecule is CCCCOC(=O)C1CCC(CC(C)C)=C(CC(C)C)C1C(=O)OCCCC. The van der Waals surface area contributed by atoms with Crippen LogP contribution in [-0.4, -0.2) is 25.2 Å². The highest BCUT2D eigenvalue weighted by molar-refractivity contribution is 5.85. The summed E-state index contributed by atoms with van der Waals surface area (Å²) in [7, 11) is 0. The van der Waals surface area contributed by atoms with Crippen molar-refractivity contribution in [3.63, 3.8) is 0 Å². The number of carbonyl (C=O) groups excluding carboxylic acids is 2. The summed E-state index contributed by atoms with van der Waals surface area (Å²) in [5.41, 5.74) is 2.51. The maximum Gasteiger partial charge on any atom is 0.313 e. The van der Waals surface area contributed by atoms with Gasteiger partial charge >= 0.3 is 11.9 Å². The normalized spacial score (nSPS) is 20.0. The average molecular weight is 395 g/mol. The maximum absolute atomic E-state index is 13.1. The molecule has 28 heavy (non-hydrogen) atoms. The first-order valence-corrected chi connectivity index (χ1v) is 11.4. The highest BCUT2D eigenvalue weighted by Crippen LogP contribution is 2.41. The van der Waals surface area contributed by atoms with Crippen molar-refractivity contribution in [3.05, 3.63) is 11.1 Å². The van der Waals surface area contributed by atoms with Gasteiger partial charge in [0.1, 0.15) is 0 Å². The minimum absolute atomic E-state index is 0.226. The van der Waals surface area contributed by atoms with Crippen LogP contribution >= 0.6 is 0 Å². The molecular weight excluding hydrogens is 352 g/mol. The van der Waals surface area contributed by atoms with Crippen molar-refractivity contribution >= 4 is 11.9 Å². The fourth-order valence-corrected chi connectivity index (χ4v) is 3.95. The number of carbonyl (C=O) groups is 2. The number of hydrogen-bond acceptors (Lipinski definition) is 4. The molecule has 1 aliphatic rings. The van der Waals surface area contributed by atoms with Crippen LogP contribution < -0.4 is 0 Å². The Hall–Kier alpha value is -1.32. The van der Waals surface area contributed by atoms with Crippen LogP contribution in [0.25, 0.3) is 0 Å². The zero-order valence-corrected chi connectivity index (χ0v) is 19.0. The smallest absolute Gasteiger partial charge is 0.313 e. The number of hydrogen-bond donors (Lipinski definition) is 0. The lowest BCUT2D eigenvalue weighted by atomic mass is 9.71. The maximum atomic E-state index is 13.1. The lowest BCUT2D eigenvalue weighted by Crippen LogP contribution is -2.37. The number of allylic oxidation sites excluding steroid dienone is 1. The third-order valence-corrected chi connectivity index (χ3v) is 5.31. The molecule has 0 fully saturated rings. The fourth-order valence-electron chi connectivity index (χ4n) is 3.95. The number of rotatable bonds is 12. The highest BCUT2D eigenvalue weighted by atomic mass is 16.5. The summed E-state index contributed by atoms with van der Waals surface area (Å²) in [4.78, 5) is 25.9. The van der Waals surface area contributed by atoms with E-state index in [1.165, 1.54) is 5.57 Å². The van der Waals surface area contributed by atoms with E-state index in [9.17, 15) is 9.59 Å². The van der Waals surface area contributed by atoms with Crippen molar-refractivity contribution in [3.8, 4) is 0 Å². The van der Waals surface area contributed by atoms with Crippen molar-refractivity contribution < 1.29 is 19.1 Å². The van der Waals surface area contributed by atoms with Crippen molar-refractivity contribution in [1.82, 2.24) is 0 Å². The summed E-state index contributed by atoms with van der Waals surface area (Å²) in [5.74, 6) is -0.385. The molecule has 2 atom stereocenters. The second kappa shape index (κ2) is 13.0. The zero-order chi connectivity index (χ0) is 21.1. The second-order valence-corrected chi connectivity index (χ2v) is 8.99. The van der Waals surface area contributed by atoms with E-state index in [0.717, 1.165) is 50.5 Å². The molecule has 0 aliphatic heterocycles. The van der Waals surface area contributed by atoms with Gasteiger partial charge in [-0.15, -0.1) is 0 Å². The highest BCUT2D eigenvalue weighted by Gasteiger charge is 2.42. The van der Waals surface area contributed by atoms with Gasteiger partial charge in [0.05, 0.1) is 25.0 Å². The molecule has 0 N–H and O–H groups in total. The molecule has 0 saturated carbocycles. The van der Waals surface area contributed by atoms with Crippen LogP contribution in [0.4, 0.5) is 0 Å². The monoisotopic (exact) mass is 394 g/mol. The van der Waals surface area contributed by atoms with Crippen molar-refractivity contribution in [2.45, 2.75) is 92.9 Å². The van der Waals surface area contributed by atoms with Crippen LogP contribution in [0.5, 0.6) is 0 Å². The van der Waals surface area contributed by atoms with Gasteiger partial charge in [0, 0.05) is 0 Å². The van der Waals surface area contributed by atoms with E-state index in [1.807, 2.05) is 0 Å². The summed E-state index contributed by atoms with van der Waals surface area (Å²) < 4.78 is 11.1. The molecule has 0 radical (unpaired) electrons. The van der Waals surface area contributed by atoms with E-state index in [4.69, 9.17) is 9.47 Å². The topological polar surface area (TPSA) is 52.6 Å². The van der Waals surface area contributed by atoms with Gasteiger partial charge in [0.25, 0.3) is 0 Å². The van der Waals surface area contributed by atoms with Crippen LogP contribution in [0.15, 0.2) is 11.1 Å². The van der Waals surface area contributed by atoms with Gasteiger partial charge in [0.2, 0.25) is 0 Å². The standard InChI is InChI=1S/C24H42O4/c1-7-9-13-27-23(25)20-12-11-19(15-17(3)4)21(16-18(5)6)22(20)24(26)28-14-10-8-2/h17-18,20,22H,7-16H2,1-6H3. The van der Waals surface area contributed by atoms with Crippen LogP contribution in [0.3, 0.4) is 0 Å². The van der Waals surface area contributed by atoms with E-state index < -0.39 is 11.8 Å². The molecule has 0 aromatic rings. The first-order chi connectivity index (χ1) is 13.3. The second-order valence-electron chi connectivity index (χ2n) is 8.99. The van der Waals surface area contributed by atoms with E-state index in [2.05, 4.69) is 41.5 Å². The molecule has 2 unspecified atom stereocenters. The molecule has 0 bridgehead atoms. The van der Waals surface area contributed by atoms with Gasteiger partial charge in [-0.1, -0.05) is 65.5 Å². The predicted molar refractivity (Wildman–Crippen MR) is 114 cm³/mol. The Kier molecular flexibility index (Phi) is 11.5. The lowest BCUT2D eigenvalue weighted by Gasteiger charge is -2.34. The Morgan fingerprint density at radius 2 is 1.43 bits per heavy atom. The summed E-state index contributed by atoms with van der Waals surface area (Å²) in [5, 5.41) is 0. The Balaban J connectivity index is 3.16. The Morgan fingerprint density at radius 1 is 0.893 bits per heavy atom. The zero-order valence-electron chi connectivity index (χ0n) is 19.0. The van der Waals surface area contributed by atoms with Gasteiger partial charge in [-0.2, -0.15) is 0 Å². The van der Waals surface area contributed by atoms with Crippen molar-refractivity contribution in [1.29, 1.82) is 0 Å². The van der Waals surface area contributed by atoms with Crippen molar-refractivity contribution in [2.24, 2.45) is 23.7 Å². The minimum Gasteiger partial charge on any atom is -0.465 e. The van der Waals surface area contributed by atoms with Gasteiger partial charge in [-0.3, -0.25) is 9.59 Å². The van der Waals surface area contributed by atoms with Crippen molar-refractivity contribution in [2.75, 3.05) is 13.2 Å². The molecule has 4 nitrogen and oxygen atoms in total. The number of unbranched alkanes of at least 4 members (excludes halogenated alkanes) is 2. The molecule has 1 aliphatic carbocycles. The average Bonchev–Trinajstić information content (AvgIpc) is 2.62. The van der Waals surface area contributed by atoms with E-state index in [1.54, 1.807) is 0 Å². The lowest BCUT2D eigenvalue weighted by molar-refractivity contribution is -0.160. The number of esters is 2. The largest absolute Gasteiger partial charge is 0.465 e. The molecule has 0 saturated heterocycles. The summed E-state index contributed by atoms with van der Waals surface area (Å²) in [6, 6.07) is 0. The Labute approximate surface area is 172 Å². The summed E-state index contributed by atoms with van der Waals surface area (Å²) >= 11 is 0. The molecular formula is C24H42O4. The Morgan fingerprint density at radius 3 is 1.93 bits per heavy atom. The molecule has 0 spiro atoms. The molecule has 0 heterocycles. The minimum atomic E-state index is -0.476. The Bertz CT molecular complexity index is 519. The van der Waals surface area contributed by atoms with Gasteiger partial charge in [0.15, 0.2) is 0 Å². The van der Waals surface area contributed by atoms with E-state index >= 15 is 0 Å².